The van der Waals surface area contributed by atoms with Crippen LogP contribution >= 0.6 is 0 Å². The monoisotopic (exact) mass is 400 g/mol. The zero-order valence-corrected chi connectivity index (χ0v) is 16.6. The molecule has 0 aromatic heterocycles. The van der Waals surface area contributed by atoms with E-state index in [1.54, 1.807) is 18.2 Å². The molecule has 0 aliphatic heterocycles. The Hall–Kier alpha value is -3.55. The van der Waals surface area contributed by atoms with Gasteiger partial charge in [0.15, 0.2) is 6.61 Å². The standard InChI is InChI=1S/C21H24N2O6/c1-14-4-7-17(8-5-14)28-11-10-21(26)29-13-20(25)23-18-12-16(22-15(2)24)6-9-19(18)27-3/h4-9,12H,10-11,13H2,1-3H3,(H,22,24)(H,23,25). The van der Waals surface area contributed by atoms with E-state index in [0.29, 0.717) is 22.9 Å². The highest BCUT2D eigenvalue weighted by atomic mass is 16.5. The molecule has 0 unspecified atom stereocenters. The molecule has 0 saturated heterocycles. The van der Waals surface area contributed by atoms with Gasteiger partial charge in [-0.1, -0.05) is 17.7 Å². The van der Waals surface area contributed by atoms with Crippen LogP contribution in [0.4, 0.5) is 11.4 Å². The highest BCUT2D eigenvalue weighted by molar-refractivity contribution is 5.96. The third-order valence-corrected chi connectivity index (χ3v) is 3.75. The zero-order valence-electron chi connectivity index (χ0n) is 16.6. The molecule has 29 heavy (non-hydrogen) atoms. The van der Waals surface area contributed by atoms with Gasteiger partial charge in [-0.05, 0) is 37.3 Å². The molecule has 0 bridgehead atoms. The summed E-state index contributed by atoms with van der Waals surface area (Å²) in [5, 5.41) is 5.21. The van der Waals surface area contributed by atoms with Crippen molar-refractivity contribution >= 4 is 29.2 Å². The Kier molecular flexibility index (Phi) is 8.02. The van der Waals surface area contributed by atoms with Crippen molar-refractivity contribution in [3.63, 3.8) is 0 Å². The molecule has 2 aromatic rings. The summed E-state index contributed by atoms with van der Waals surface area (Å²) >= 11 is 0. The molecule has 0 heterocycles. The second-order valence-corrected chi connectivity index (χ2v) is 6.22. The van der Waals surface area contributed by atoms with E-state index >= 15 is 0 Å². The minimum Gasteiger partial charge on any atom is -0.495 e. The first-order chi connectivity index (χ1) is 13.9. The maximum atomic E-state index is 12.1. The van der Waals surface area contributed by atoms with Gasteiger partial charge in [-0.3, -0.25) is 14.4 Å². The lowest BCUT2D eigenvalue weighted by Crippen LogP contribution is -2.22. The second-order valence-electron chi connectivity index (χ2n) is 6.22. The number of esters is 1. The fourth-order valence-electron chi connectivity index (χ4n) is 2.38. The van der Waals surface area contributed by atoms with Crippen LogP contribution in [-0.4, -0.2) is 38.1 Å². The highest BCUT2D eigenvalue weighted by Crippen LogP contribution is 2.27. The molecule has 0 radical (unpaired) electrons. The highest BCUT2D eigenvalue weighted by Gasteiger charge is 2.12. The van der Waals surface area contributed by atoms with E-state index in [1.165, 1.54) is 14.0 Å². The summed E-state index contributed by atoms with van der Waals surface area (Å²) in [5.74, 6) is -0.255. The van der Waals surface area contributed by atoms with Crippen LogP contribution in [0.3, 0.4) is 0 Å². The smallest absolute Gasteiger partial charge is 0.309 e. The zero-order chi connectivity index (χ0) is 21.2. The lowest BCUT2D eigenvalue weighted by Gasteiger charge is -2.12. The summed E-state index contributed by atoms with van der Waals surface area (Å²) < 4.78 is 15.6. The topological polar surface area (TPSA) is 103 Å². The van der Waals surface area contributed by atoms with E-state index in [1.807, 2.05) is 31.2 Å². The van der Waals surface area contributed by atoms with Gasteiger partial charge in [-0.2, -0.15) is 0 Å². The molecule has 8 heteroatoms. The van der Waals surface area contributed by atoms with E-state index < -0.39 is 18.5 Å². The molecular weight excluding hydrogens is 376 g/mol. The minimum absolute atomic E-state index is 0.0164. The van der Waals surface area contributed by atoms with Crippen LogP contribution in [0.5, 0.6) is 11.5 Å². The molecule has 0 atom stereocenters. The predicted octanol–water partition coefficient (Wildman–Crippen LogP) is 2.91. The number of amides is 2. The second kappa shape index (κ2) is 10.7. The Morgan fingerprint density at radius 2 is 1.72 bits per heavy atom. The van der Waals surface area contributed by atoms with Gasteiger partial charge in [0.05, 0.1) is 25.8 Å². The number of carbonyl (C=O) groups is 3. The first kappa shape index (κ1) is 21.7. The van der Waals surface area contributed by atoms with E-state index in [2.05, 4.69) is 10.6 Å². The molecule has 154 valence electrons. The van der Waals surface area contributed by atoms with E-state index in [0.717, 1.165) is 5.56 Å². The number of aryl methyl sites for hydroxylation is 1. The van der Waals surface area contributed by atoms with Gasteiger partial charge in [0.2, 0.25) is 5.91 Å². The largest absolute Gasteiger partial charge is 0.495 e. The lowest BCUT2D eigenvalue weighted by atomic mass is 10.2. The van der Waals surface area contributed by atoms with Crippen molar-refractivity contribution < 1.29 is 28.6 Å². The van der Waals surface area contributed by atoms with Gasteiger partial charge in [-0.15, -0.1) is 0 Å². The molecule has 0 aliphatic rings. The normalized spacial score (nSPS) is 10.0. The number of benzene rings is 2. The van der Waals surface area contributed by atoms with Gasteiger partial charge in [0, 0.05) is 12.6 Å². The van der Waals surface area contributed by atoms with Gasteiger partial charge in [-0.25, -0.2) is 0 Å². The number of anilines is 2. The maximum Gasteiger partial charge on any atom is 0.309 e. The number of nitrogens with one attached hydrogen (secondary N) is 2. The minimum atomic E-state index is -0.550. The molecule has 8 nitrogen and oxygen atoms in total. The van der Waals surface area contributed by atoms with Crippen molar-refractivity contribution in [3.8, 4) is 11.5 Å². The van der Waals surface area contributed by atoms with Crippen molar-refractivity contribution in [3.05, 3.63) is 48.0 Å². The van der Waals surface area contributed by atoms with Crippen LogP contribution in [0.25, 0.3) is 0 Å². The van der Waals surface area contributed by atoms with E-state index in [-0.39, 0.29) is 18.9 Å². The average molecular weight is 400 g/mol. The Balaban J connectivity index is 1.79. The lowest BCUT2D eigenvalue weighted by molar-refractivity contribution is -0.147. The summed E-state index contributed by atoms with van der Waals surface area (Å²) in [6.07, 6.45) is 0.0164. The van der Waals surface area contributed by atoms with Crippen molar-refractivity contribution in [2.75, 3.05) is 31.0 Å². The molecule has 2 N–H and O–H groups in total. The molecule has 0 saturated carbocycles. The quantitative estimate of drug-likeness (QED) is 0.628. The maximum absolute atomic E-state index is 12.1. The SMILES string of the molecule is COc1ccc(NC(C)=O)cc1NC(=O)COC(=O)CCOc1ccc(C)cc1. The van der Waals surface area contributed by atoms with Crippen LogP contribution in [0.15, 0.2) is 42.5 Å². The number of rotatable bonds is 9. The number of hydrogen-bond acceptors (Lipinski definition) is 6. The van der Waals surface area contributed by atoms with Crippen molar-refractivity contribution in [2.45, 2.75) is 20.3 Å². The molecule has 0 fully saturated rings. The third kappa shape index (κ3) is 7.53. The Bertz CT molecular complexity index is 864. The van der Waals surface area contributed by atoms with Crippen LogP contribution in [0, 0.1) is 6.92 Å². The molecule has 2 rings (SSSR count). The van der Waals surface area contributed by atoms with Gasteiger partial charge >= 0.3 is 5.97 Å². The van der Waals surface area contributed by atoms with E-state index in [4.69, 9.17) is 14.2 Å². The van der Waals surface area contributed by atoms with Crippen molar-refractivity contribution in [1.29, 1.82) is 0 Å². The van der Waals surface area contributed by atoms with Crippen molar-refractivity contribution in [2.24, 2.45) is 0 Å². The molecule has 2 amide bonds. The van der Waals surface area contributed by atoms with Gasteiger partial charge in [0.1, 0.15) is 11.5 Å². The Morgan fingerprint density at radius 3 is 2.38 bits per heavy atom. The van der Waals surface area contributed by atoms with E-state index in [9.17, 15) is 14.4 Å². The number of methoxy groups -OCH3 is 1. The molecule has 0 spiro atoms. The fraction of sp³-hybridized carbons (Fsp3) is 0.286. The van der Waals surface area contributed by atoms with Crippen LogP contribution < -0.4 is 20.1 Å². The summed E-state index contributed by atoms with van der Waals surface area (Å²) in [4.78, 5) is 35.0. The molecular formula is C21H24N2O6. The molecule has 0 aliphatic carbocycles. The number of carbonyl (C=O) groups excluding carboxylic acids is 3. The first-order valence-electron chi connectivity index (χ1n) is 8.98. The van der Waals surface area contributed by atoms with Crippen molar-refractivity contribution in [1.82, 2.24) is 0 Å². The Morgan fingerprint density at radius 1 is 1.00 bits per heavy atom. The predicted molar refractivity (Wildman–Crippen MR) is 108 cm³/mol. The van der Waals surface area contributed by atoms with Crippen LogP contribution in [0.1, 0.15) is 18.9 Å². The summed E-state index contributed by atoms with van der Waals surface area (Å²) in [6, 6.07) is 12.3. The van der Waals surface area contributed by atoms with Gasteiger partial charge in [0.25, 0.3) is 5.91 Å². The summed E-state index contributed by atoms with van der Waals surface area (Å²) in [6.45, 7) is 3.05. The first-order valence-corrected chi connectivity index (χ1v) is 8.98. The number of hydrogen-bond donors (Lipinski definition) is 2. The molecule has 2 aromatic carbocycles. The average Bonchev–Trinajstić information content (AvgIpc) is 2.68. The Labute approximate surface area is 169 Å². The third-order valence-electron chi connectivity index (χ3n) is 3.75. The van der Waals surface area contributed by atoms with Gasteiger partial charge < -0.3 is 24.8 Å². The van der Waals surface area contributed by atoms with Crippen LogP contribution in [0.2, 0.25) is 0 Å². The van der Waals surface area contributed by atoms with Crippen LogP contribution in [-0.2, 0) is 19.1 Å². The summed E-state index contributed by atoms with van der Waals surface area (Å²) in [5.41, 5.74) is 1.96. The fourth-order valence-corrected chi connectivity index (χ4v) is 2.38. The number of ether oxygens (including phenoxy) is 3. The summed E-state index contributed by atoms with van der Waals surface area (Å²) in [7, 11) is 1.46.